The molecule has 0 saturated carbocycles. The maximum absolute atomic E-state index is 14.1. The summed E-state index contributed by atoms with van der Waals surface area (Å²) in [5, 5.41) is 11.8. The Morgan fingerprint density at radius 1 is 1.25 bits per heavy atom. The monoisotopic (exact) mass is 397 g/mol. The Morgan fingerprint density at radius 3 is 2.86 bits per heavy atom. The fraction of sp³-hybridized carbons (Fsp3) is 0.222. The number of nitrogens with zero attached hydrogens (tertiary/aromatic N) is 7. The molecule has 142 valence electrons. The standard InChI is InChI=1S/C18H16FN7OS/c1-3-26-16(13-6-7-20-9-21-13)23-24-17(26)14(28)15-22-18(27-25-15)11-8-10(2)4-5-12(11)19/h4-9,14,28H,3H2,1-2H3. The molecule has 0 bridgehead atoms. The molecular formula is C18H16FN7OS. The smallest absolute Gasteiger partial charge is 0.260 e. The first-order valence-corrected chi connectivity index (χ1v) is 9.07. The van der Waals surface area contributed by atoms with Crippen molar-refractivity contribution in [1.82, 2.24) is 34.9 Å². The molecule has 28 heavy (non-hydrogen) atoms. The van der Waals surface area contributed by atoms with Gasteiger partial charge in [-0.3, -0.25) is 0 Å². The van der Waals surface area contributed by atoms with Crippen LogP contribution in [0.15, 0.2) is 41.3 Å². The van der Waals surface area contributed by atoms with Gasteiger partial charge in [-0.05, 0) is 32.0 Å². The second-order valence-corrected chi connectivity index (χ2v) is 6.58. The lowest BCUT2D eigenvalue weighted by Gasteiger charge is -2.09. The third-order valence-corrected chi connectivity index (χ3v) is 4.65. The van der Waals surface area contributed by atoms with Crippen LogP contribution in [0.4, 0.5) is 4.39 Å². The van der Waals surface area contributed by atoms with Crippen LogP contribution in [0.5, 0.6) is 0 Å². The first kappa shape index (κ1) is 18.2. The van der Waals surface area contributed by atoms with E-state index in [1.165, 1.54) is 12.4 Å². The molecule has 0 fully saturated rings. The lowest BCUT2D eigenvalue weighted by Crippen LogP contribution is -2.08. The van der Waals surface area contributed by atoms with Crippen molar-refractivity contribution in [2.24, 2.45) is 0 Å². The highest BCUT2D eigenvalue weighted by atomic mass is 32.1. The van der Waals surface area contributed by atoms with Gasteiger partial charge in [-0.25, -0.2) is 14.4 Å². The number of halogens is 1. The maximum Gasteiger partial charge on any atom is 0.260 e. The average Bonchev–Trinajstić information content (AvgIpc) is 3.37. The molecule has 0 spiro atoms. The van der Waals surface area contributed by atoms with Gasteiger partial charge in [0.2, 0.25) is 0 Å². The van der Waals surface area contributed by atoms with Gasteiger partial charge in [0, 0.05) is 12.7 Å². The summed E-state index contributed by atoms with van der Waals surface area (Å²) in [4.78, 5) is 12.4. The second kappa shape index (κ2) is 7.47. The molecule has 3 heterocycles. The van der Waals surface area contributed by atoms with Crippen LogP contribution in [0, 0.1) is 12.7 Å². The zero-order chi connectivity index (χ0) is 19.7. The van der Waals surface area contributed by atoms with Gasteiger partial charge in [-0.1, -0.05) is 16.8 Å². The topological polar surface area (TPSA) is 95.4 Å². The predicted octanol–water partition coefficient (Wildman–Crippen LogP) is 3.27. The number of rotatable bonds is 5. The highest BCUT2D eigenvalue weighted by Crippen LogP contribution is 2.30. The van der Waals surface area contributed by atoms with Gasteiger partial charge in [0.1, 0.15) is 23.1 Å². The molecule has 1 atom stereocenters. The van der Waals surface area contributed by atoms with Gasteiger partial charge in [-0.2, -0.15) is 17.6 Å². The quantitative estimate of drug-likeness (QED) is 0.516. The number of hydrogen-bond donors (Lipinski definition) is 1. The minimum atomic E-state index is -0.603. The average molecular weight is 397 g/mol. The Hall–Kier alpha value is -3.14. The Balaban J connectivity index is 1.69. The lowest BCUT2D eigenvalue weighted by atomic mass is 10.1. The summed E-state index contributed by atoms with van der Waals surface area (Å²) >= 11 is 4.60. The Morgan fingerprint density at radius 2 is 2.11 bits per heavy atom. The summed E-state index contributed by atoms with van der Waals surface area (Å²) in [6.07, 6.45) is 3.08. The Bertz CT molecular complexity index is 1110. The zero-order valence-corrected chi connectivity index (χ0v) is 16.0. The predicted molar refractivity (Wildman–Crippen MR) is 102 cm³/mol. The molecule has 4 aromatic rings. The molecule has 0 aliphatic carbocycles. The van der Waals surface area contributed by atoms with Crippen molar-refractivity contribution in [3.8, 4) is 23.0 Å². The van der Waals surface area contributed by atoms with Gasteiger partial charge in [0.15, 0.2) is 17.5 Å². The van der Waals surface area contributed by atoms with Crippen molar-refractivity contribution < 1.29 is 8.91 Å². The molecule has 0 aliphatic heterocycles. The minimum absolute atomic E-state index is 0.0915. The second-order valence-electron chi connectivity index (χ2n) is 6.06. The van der Waals surface area contributed by atoms with Crippen molar-refractivity contribution in [3.05, 3.63) is 59.8 Å². The first-order chi connectivity index (χ1) is 13.6. The third-order valence-electron chi connectivity index (χ3n) is 4.19. The normalized spacial score (nSPS) is 12.3. The van der Waals surface area contributed by atoms with E-state index in [1.807, 2.05) is 18.4 Å². The van der Waals surface area contributed by atoms with Crippen LogP contribution < -0.4 is 0 Å². The molecule has 3 aromatic heterocycles. The molecule has 1 unspecified atom stereocenters. The molecule has 4 rings (SSSR count). The van der Waals surface area contributed by atoms with Crippen LogP contribution in [-0.2, 0) is 6.54 Å². The molecule has 0 amide bonds. The van der Waals surface area contributed by atoms with Crippen LogP contribution in [0.25, 0.3) is 23.0 Å². The van der Waals surface area contributed by atoms with Gasteiger partial charge in [0.25, 0.3) is 5.89 Å². The molecule has 0 N–H and O–H groups in total. The molecule has 8 nitrogen and oxygen atoms in total. The number of hydrogen-bond acceptors (Lipinski definition) is 8. The fourth-order valence-corrected chi connectivity index (χ4v) is 3.11. The van der Waals surface area contributed by atoms with Crippen LogP contribution in [0.3, 0.4) is 0 Å². The third kappa shape index (κ3) is 3.26. The van der Waals surface area contributed by atoms with Gasteiger partial charge in [-0.15, -0.1) is 10.2 Å². The zero-order valence-electron chi connectivity index (χ0n) is 15.1. The largest absolute Gasteiger partial charge is 0.334 e. The van der Waals surface area contributed by atoms with Crippen LogP contribution in [-0.4, -0.2) is 34.9 Å². The summed E-state index contributed by atoms with van der Waals surface area (Å²) < 4.78 is 21.2. The van der Waals surface area contributed by atoms with E-state index in [0.29, 0.717) is 23.9 Å². The van der Waals surface area contributed by atoms with Crippen molar-refractivity contribution in [2.45, 2.75) is 25.6 Å². The van der Waals surface area contributed by atoms with E-state index in [1.54, 1.807) is 24.4 Å². The summed E-state index contributed by atoms with van der Waals surface area (Å²) in [5.41, 5.74) is 1.78. The maximum atomic E-state index is 14.1. The van der Waals surface area contributed by atoms with Crippen molar-refractivity contribution in [2.75, 3.05) is 0 Å². The van der Waals surface area contributed by atoms with E-state index in [-0.39, 0.29) is 17.3 Å². The fourth-order valence-electron chi connectivity index (χ4n) is 2.82. The Kier molecular flexibility index (Phi) is 4.86. The lowest BCUT2D eigenvalue weighted by molar-refractivity contribution is 0.420. The van der Waals surface area contributed by atoms with Crippen LogP contribution in [0.1, 0.15) is 29.4 Å². The summed E-state index contributed by atoms with van der Waals surface area (Å²) in [7, 11) is 0. The van der Waals surface area contributed by atoms with Crippen molar-refractivity contribution in [3.63, 3.8) is 0 Å². The van der Waals surface area contributed by atoms with E-state index >= 15 is 0 Å². The molecule has 1 aromatic carbocycles. The van der Waals surface area contributed by atoms with Gasteiger partial charge >= 0.3 is 0 Å². The number of thiol groups is 1. The van der Waals surface area contributed by atoms with E-state index in [0.717, 1.165) is 5.56 Å². The summed E-state index contributed by atoms with van der Waals surface area (Å²) in [5.74, 6) is 1.06. The first-order valence-electron chi connectivity index (χ1n) is 8.56. The highest BCUT2D eigenvalue weighted by molar-refractivity contribution is 7.80. The van der Waals surface area contributed by atoms with Gasteiger partial charge in [0.05, 0.1) is 5.56 Å². The van der Waals surface area contributed by atoms with E-state index in [9.17, 15) is 4.39 Å². The molecule has 0 radical (unpaired) electrons. The highest BCUT2D eigenvalue weighted by Gasteiger charge is 2.25. The van der Waals surface area contributed by atoms with Crippen LogP contribution in [0.2, 0.25) is 0 Å². The molecule has 10 heteroatoms. The Labute approximate surface area is 165 Å². The SMILES string of the molecule is CCn1c(-c2ccncn2)nnc1C(S)c1noc(-c2cc(C)ccc2F)n1. The van der Waals surface area contributed by atoms with Crippen LogP contribution >= 0.6 is 12.6 Å². The van der Waals surface area contributed by atoms with E-state index in [4.69, 9.17) is 4.52 Å². The molecule has 0 saturated heterocycles. The van der Waals surface area contributed by atoms with Gasteiger partial charge < -0.3 is 9.09 Å². The van der Waals surface area contributed by atoms with E-state index in [2.05, 4.69) is 42.9 Å². The summed E-state index contributed by atoms with van der Waals surface area (Å²) in [6, 6.07) is 6.45. The molecule has 0 aliphatic rings. The minimum Gasteiger partial charge on any atom is -0.334 e. The summed E-state index contributed by atoms with van der Waals surface area (Å²) in [6.45, 7) is 4.41. The van der Waals surface area contributed by atoms with Crippen molar-refractivity contribution in [1.29, 1.82) is 0 Å². The van der Waals surface area contributed by atoms with Crippen molar-refractivity contribution >= 4 is 12.6 Å². The number of aromatic nitrogens is 7. The van der Waals surface area contributed by atoms with E-state index < -0.39 is 11.1 Å². The number of aryl methyl sites for hydroxylation is 1. The number of benzene rings is 1. The molecular weight excluding hydrogens is 381 g/mol.